The molecule has 0 spiro atoms. The van der Waals surface area contributed by atoms with E-state index in [0.29, 0.717) is 19.0 Å². The predicted octanol–water partition coefficient (Wildman–Crippen LogP) is 1.11. The molecule has 0 bridgehead atoms. The largest absolute Gasteiger partial charge is 0.354 e. The average Bonchev–Trinajstić information content (AvgIpc) is 2.59. The first-order valence-electron chi connectivity index (χ1n) is 7.95. The van der Waals surface area contributed by atoms with Crippen molar-refractivity contribution in [3.05, 3.63) is 53.9 Å². The molecule has 0 aliphatic carbocycles. The van der Waals surface area contributed by atoms with Gasteiger partial charge in [0.05, 0.1) is 12.5 Å². The lowest BCUT2D eigenvalue weighted by Gasteiger charge is -2.19. The van der Waals surface area contributed by atoms with Gasteiger partial charge < -0.3 is 21.7 Å². The van der Waals surface area contributed by atoms with E-state index in [0.717, 1.165) is 11.1 Å². The summed E-state index contributed by atoms with van der Waals surface area (Å²) in [5.74, 6) is 0.322. The van der Waals surface area contributed by atoms with Crippen LogP contribution in [0.1, 0.15) is 23.6 Å². The van der Waals surface area contributed by atoms with Crippen LogP contribution in [0.4, 0.5) is 10.7 Å². The second kappa shape index (κ2) is 9.21. The van der Waals surface area contributed by atoms with Gasteiger partial charge in [0, 0.05) is 25.5 Å². The average molecular weight is 342 g/mol. The number of nitrogens with one attached hydrogen (secondary N) is 3. The SMILES string of the molecule is Cc1ccccc1[C@@H](CC(=O)NCCNc1ncccn1)NC(N)=O. The van der Waals surface area contributed by atoms with Gasteiger partial charge >= 0.3 is 6.03 Å². The summed E-state index contributed by atoms with van der Waals surface area (Å²) in [6.07, 6.45) is 3.38. The lowest BCUT2D eigenvalue weighted by atomic mass is 9.98. The number of amides is 3. The zero-order chi connectivity index (χ0) is 18.1. The molecule has 5 N–H and O–H groups in total. The van der Waals surface area contributed by atoms with Gasteiger partial charge in [-0.25, -0.2) is 14.8 Å². The Balaban J connectivity index is 1.85. The zero-order valence-corrected chi connectivity index (χ0v) is 14.0. The smallest absolute Gasteiger partial charge is 0.312 e. The van der Waals surface area contributed by atoms with Crippen molar-refractivity contribution in [2.24, 2.45) is 5.73 Å². The number of urea groups is 1. The number of rotatable bonds is 8. The van der Waals surface area contributed by atoms with Gasteiger partial charge in [-0.05, 0) is 24.1 Å². The molecule has 2 aromatic rings. The van der Waals surface area contributed by atoms with E-state index in [1.54, 1.807) is 18.5 Å². The molecular formula is C17H22N6O2. The number of nitrogens with two attached hydrogens (primary N) is 1. The van der Waals surface area contributed by atoms with Crippen LogP contribution in [0.3, 0.4) is 0 Å². The Morgan fingerprint density at radius 2 is 1.84 bits per heavy atom. The fourth-order valence-electron chi connectivity index (χ4n) is 2.41. The highest BCUT2D eigenvalue weighted by Crippen LogP contribution is 2.20. The summed E-state index contributed by atoms with van der Waals surface area (Å²) in [5.41, 5.74) is 7.09. The van der Waals surface area contributed by atoms with Gasteiger partial charge in [0.1, 0.15) is 0 Å². The van der Waals surface area contributed by atoms with E-state index in [-0.39, 0.29) is 12.3 Å². The molecule has 0 saturated heterocycles. The van der Waals surface area contributed by atoms with Crippen LogP contribution in [0.25, 0.3) is 0 Å². The van der Waals surface area contributed by atoms with Crippen molar-refractivity contribution in [3.8, 4) is 0 Å². The van der Waals surface area contributed by atoms with E-state index in [4.69, 9.17) is 5.73 Å². The van der Waals surface area contributed by atoms with Crippen molar-refractivity contribution in [2.45, 2.75) is 19.4 Å². The van der Waals surface area contributed by atoms with Crippen LogP contribution >= 0.6 is 0 Å². The molecule has 0 saturated carbocycles. The molecule has 0 fully saturated rings. The first-order valence-corrected chi connectivity index (χ1v) is 7.95. The topological polar surface area (TPSA) is 122 Å². The molecule has 0 aliphatic heterocycles. The molecule has 3 amide bonds. The Hall–Kier alpha value is -3.16. The summed E-state index contributed by atoms with van der Waals surface area (Å²) >= 11 is 0. The molecule has 8 nitrogen and oxygen atoms in total. The second-order valence-corrected chi connectivity index (χ2v) is 5.47. The molecule has 8 heteroatoms. The van der Waals surface area contributed by atoms with E-state index in [1.807, 2.05) is 31.2 Å². The molecule has 1 aromatic heterocycles. The van der Waals surface area contributed by atoms with Gasteiger partial charge in [-0.15, -0.1) is 0 Å². The van der Waals surface area contributed by atoms with Crippen LogP contribution in [0.5, 0.6) is 0 Å². The molecule has 2 rings (SSSR count). The lowest BCUT2D eigenvalue weighted by molar-refractivity contribution is -0.121. The second-order valence-electron chi connectivity index (χ2n) is 5.47. The van der Waals surface area contributed by atoms with Crippen LogP contribution < -0.4 is 21.7 Å². The van der Waals surface area contributed by atoms with Crippen molar-refractivity contribution in [2.75, 3.05) is 18.4 Å². The third-order valence-corrected chi connectivity index (χ3v) is 3.57. The number of aromatic nitrogens is 2. The van der Waals surface area contributed by atoms with Gasteiger partial charge in [-0.2, -0.15) is 0 Å². The number of anilines is 1. The number of hydrogen-bond donors (Lipinski definition) is 4. The van der Waals surface area contributed by atoms with Gasteiger partial charge in [0.25, 0.3) is 0 Å². The number of carbonyl (C=O) groups excluding carboxylic acids is 2. The molecule has 1 heterocycles. The predicted molar refractivity (Wildman–Crippen MR) is 94.8 cm³/mol. The minimum Gasteiger partial charge on any atom is -0.354 e. The third kappa shape index (κ3) is 6.09. The Labute approximate surface area is 146 Å². The Morgan fingerprint density at radius 3 is 2.52 bits per heavy atom. The van der Waals surface area contributed by atoms with Crippen molar-refractivity contribution in [1.29, 1.82) is 0 Å². The number of carbonyl (C=O) groups is 2. The summed E-state index contributed by atoms with van der Waals surface area (Å²) in [4.78, 5) is 31.5. The van der Waals surface area contributed by atoms with E-state index < -0.39 is 12.1 Å². The first kappa shape index (κ1) is 18.2. The molecule has 25 heavy (non-hydrogen) atoms. The minimum absolute atomic E-state index is 0.107. The molecule has 1 aromatic carbocycles. The Bertz CT molecular complexity index is 707. The summed E-state index contributed by atoms with van der Waals surface area (Å²) in [6, 6.07) is 8.15. The highest BCUT2D eigenvalue weighted by Gasteiger charge is 2.18. The minimum atomic E-state index is -0.663. The van der Waals surface area contributed by atoms with Crippen LogP contribution in [0.2, 0.25) is 0 Å². The van der Waals surface area contributed by atoms with E-state index in [2.05, 4.69) is 25.9 Å². The Kier molecular flexibility index (Phi) is 6.70. The molecular weight excluding hydrogens is 320 g/mol. The lowest BCUT2D eigenvalue weighted by Crippen LogP contribution is -2.37. The maximum atomic E-state index is 12.2. The monoisotopic (exact) mass is 342 g/mol. The number of benzene rings is 1. The Morgan fingerprint density at radius 1 is 1.12 bits per heavy atom. The number of hydrogen-bond acceptors (Lipinski definition) is 5. The molecule has 0 unspecified atom stereocenters. The molecule has 1 atom stereocenters. The normalized spacial score (nSPS) is 11.4. The van der Waals surface area contributed by atoms with E-state index >= 15 is 0 Å². The van der Waals surface area contributed by atoms with Crippen LogP contribution in [-0.4, -0.2) is 35.0 Å². The number of primary amides is 1. The van der Waals surface area contributed by atoms with Crippen molar-refractivity contribution in [3.63, 3.8) is 0 Å². The van der Waals surface area contributed by atoms with Crippen molar-refractivity contribution < 1.29 is 9.59 Å². The highest BCUT2D eigenvalue weighted by atomic mass is 16.2. The quantitative estimate of drug-likeness (QED) is 0.535. The number of aryl methyl sites for hydroxylation is 1. The van der Waals surface area contributed by atoms with Gasteiger partial charge in [0.2, 0.25) is 11.9 Å². The van der Waals surface area contributed by atoms with Gasteiger partial charge in [0.15, 0.2) is 0 Å². The fraction of sp³-hybridized carbons (Fsp3) is 0.294. The van der Waals surface area contributed by atoms with Crippen LogP contribution in [0, 0.1) is 6.92 Å². The summed E-state index contributed by atoms with van der Waals surface area (Å²) in [5, 5.41) is 8.42. The van der Waals surface area contributed by atoms with Crippen molar-refractivity contribution in [1.82, 2.24) is 20.6 Å². The van der Waals surface area contributed by atoms with Gasteiger partial charge in [-0.1, -0.05) is 24.3 Å². The van der Waals surface area contributed by atoms with Crippen LogP contribution in [0.15, 0.2) is 42.7 Å². The summed E-state index contributed by atoms with van der Waals surface area (Å²) in [6.45, 7) is 2.83. The molecule has 0 aliphatic rings. The third-order valence-electron chi connectivity index (χ3n) is 3.57. The van der Waals surface area contributed by atoms with Gasteiger partial charge in [-0.3, -0.25) is 4.79 Å². The van der Waals surface area contributed by atoms with Crippen molar-refractivity contribution >= 4 is 17.9 Å². The van der Waals surface area contributed by atoms with Crippen LogP contribution in [-0.2, 0) is 4.79 Å². The standard InChI is InChI=1S/C17H22N6O2/c1-12-5-2-3-6-13(12)14(23-16(18)25)11-15(24)19-9-10-22-17-20-7-4-8-21-17/h2-8,14H,9-11H2,1H3,(H,19,24)(H3,18,23,25)(H,20,21,22)/t14-/m1/s1. The maximum absolute atomic E-state index is 12.2. The van der Waals surface area contributed by atoms with E-state index in [1.165, 1.54) is 0 Å². The first-order chi connectivity index (χ1) is 12.1. The summed E-state index contributed by atoms with van der Waals surface area (Å²) < 4.78 is 0. The highest BCUT2D eigenvalue weighted by molar-refractivity contribution is 5.78. The fourth-order valence-corrected chi connectivity index (χ4v) is 2.41. The summed E-state index contributed by atoms with van der Waals surface area (Å²) in [7, 11) is 0. The number of nitrogens with zero attached hydrogens (tertiary/aromatic N) is 2. The van der Waals surface area contributed by atoms with E-state index in [9.17, 15) is 9.59 Å². The molecule has 132 valence electrons. The molecule has 0 radical (unpaired) electrons. The maximum Gasteiger partial charge on any atom is 0.312 e. The zero-order valence-electron chi connectivity index (χ0n) is 14.0.